The predicted molar refractivity (Wildman–Crippen MR) is 42.5 cm³/mol. The molecule has 1 aliphatic rings. The Labute approximate surface area is 65.4 Å². The van der Waals surface area contributed by atoms with Gasteiger partial charge in [0.25, 0.3) is 0 Å². The molecule has 0 radical (unpaired) electrons. The van der Waals surface area contributed by atoms with Crippen molar-refractivity contribution in [2.45, 2.75) is 30.1 Å². The van der Waals surface area contributed by atoms with E-state index < -0.39 is 6.23 Å². The van der Waals surface area contributed by atoms with E-state index >= 15 is 0 Å². The summed E-state index contributed by atoms with van der Waals surface area (Å²) in [6.45, 7) is 0. The Kier molecular flexibility index (Phi) is 2.54. The van der Waals surface area contributed by atoms with Gasteiger partial charge in [-0.05, 0) is 6.42 Å². The van der Waals surface area contributed by atoms with Crippen LogP contribution in [-0.2, 0) is 0 Å². The van der Waals surface area contributed by atoms with Crippen LogP contribution < -0.4 is 16.8 Å². The Morgan fingerprint density at radius 1 is 1.50 bits per heavy atom. The molecule has 0 spiro atoms. The minimum absolute atomic E-state index is 0.0372. The summed E-state index contributed by atoms with van der Waals surface area (Å²) in [4.78, 5) is 0. The zero-order valence-electron chi connectivity index (χ0n) is 5.57. The van der Waals surface area contributed by atoms with E-state index in [9.17, 15) is 0 Å². The van der Waals surface area contributed by atoms with Crippen LogP contribution in [0.25, 0.3) is 0 Å². The molecule has 1 heterocycles. The van der Waals surface area contributed by atoms with Crippen molar-refractivity contribution in [3.63, 3.8) is 0 Å². The molecule has 0 aromatic rings. The summed E-state index contributed by atoms with van der Waals surface area (Å²) in [7, 11) is 0. The molecule has 0 aliphatic carbocycles. The average molecular weight is 163 g/mol. The first-order valence-electron chi connectivity index (χ1n) is 3.24. The first-order valence-corrected chi connectivity index (χ1v) is 3.76. The molecule has 0 bridgehead atoms. The quantitative estimate of drug-likeness (QED) is 0.273. The lowest BCUT2D eigenvalue weighted by Crippen LogP contribution is -2.62. The highest BCUT2D eigenvalue weighted by Gasteiger charge is 2.29. The van der Waals surface area contributed by atoms with Gasteiger partial charge in [0.1, 0.15) is 6.23 Å². The second-order valence-corrected chi connectivity index (χ2v) is 3.23. The number of hydrogen-bond donors (Lipinski definition) is 5. The highest BCUT2D eigenvalue weighted by atomic mass is 32.1. The largest absolute Gasteiger partial charge is 0.377 e. The minimum atomic E-state index is -0.716. The van der Waals surface area contributed by atoms with E-state index in [0.29, 0.717) is 6.42 Å². The minimum Gasteiger partial charge on any atom is -0.377 e. The van der Waals surface area contributed by atoms with Crippen LogP contribution in [0.2, 0.25) is 0 Å². The molecule has 5 heteroatoms. The first kappa shape index (κ1) is 8.29. The molecule has 0 aromatic carbocycles. The number of rotatable bonds is 0. The fourth-order valence-corrected chi connectivity index (χ4v) is 1.42. The molecule has 4 atom stereocenters. The SMILES string of the molecule is NC1CC(S)NC(O)C1N. The van der Waals surface area contributed by atoms with Crippen molar-refractivity contribution >= 4 is 12.6 Å². The van der Waals surface area contributed by atoms with Crippen molar-refractivity contribution in [3.05, 3.63) is 0 Å². The normalized spacial score (nSPS) is 49.2. The molecule has 0 amide bonds. The highest BCUT2D eigenvalue weighted by Crippen LogP contribution is 2.11. The van der Waals surface area contributed by atoms with Gasteiger partial charge < -0.3 is 16.6 Å². The van der Waals surface area contributed by atoms with Crippen LogP contribution in [0.4, 0.5) is 0 Å². The van der Waals surface area contributed by atoms with Crippen LogP contribution in [0.1, 0.15) is 6.42 Å². The Hall–Kier alpha value is 0.190. The molecule has 1 fully saturated rings. The predicted octanol–water partition coefficient (Wildman–Crippen LogP) is -1.79. The maximum atomic E-state index is 9.15. The molecule has 1 aliphatic heterocycles. The van der Waals surface area contributed by atoms with Crippen molar-refractivity contribution in [1.29, 1.82) is 0 Å². The summed E-state index contributed by atoms with van der Waals surface area (Å²) in [6, 6.07) is -0.526. The standard InChI is InChI=1S/C5H13N3OS/c6-2-1-3(10)8-5(9)4(2)7/h2-5,8-10H,1,6-7H2. The third-order valence-electron chi connectivity index (χ3n) is 1.72. The summed E-state index contributed by atoms with van der Waals surface area (Å²) in [6.07, 6.45) is -0.0207. The Balaban J connectivity index is 2.49. The van der Waals surface area contributed by atoms with Gasteiger partial charge >= 0.3 is 0 Å². The van der Waals surface area contributed by atoms with Gasteiger partial charge in [-0.2, -0.15) is 12.6 Å². The molecule has 0 saturated carbocycles. The van der Waals surface area contributed by atoms with E-state index in [0.717, 1.165) is 0 Å². The Morgan fingerprint density at radius 3 is 2.60 bits per heavy atom. The summed E-state index contributed by atoms with van der Waals surface area (Å²) >= 11 is 4.11. The molecular formula is C5H13N3OS. The van der Waals surface area contributed by atoms with Crippen molar-refractivity contribution in [1.82, 2.24) is 5.32 Å². The smallest absolute Gasteiger partial charge is 0.122 e. The van der Waals surface area contributed by atoms with Crippen molar-refractivity contribution in [3.8, 4) is 0 Å². The van der Waals surface area contributed by atoms with Crippen LogP contribution in [0.15, 0.2) is 0 Å². The van der Waals surface area contributed by atoms with E-state index in [1.807, 2.05) is 0 Å². The number of hydrogen-bond acceptors (Lipinski definition) is 5. The second kappa shape index (κ2) is 3.06. The Bertz CT molecular complexity index is 111. The average Bonchev–Trinajstić information content (AvgIpc) is 1.82. The highest BCUT2D eigenvalue weighted by molar-refractivity contribution is 7.80. The number of nitrogens with one attached hydrogen (secondary N) is 1. The van der Waals surface area contributed by atoms with E-state index in [-0.39, 0.29) is 17.5 Å². The summed E-state index contributed by atoms with van der Waals surface area (Å²) in [5, 5.41) is 11.9. The van der Waals surface area contributed by atoms with Gasteiger partial charge in [0.05, 0.1) is 11.4 Å². The summed E-state index contributed by atoms with van der Waals surface area (Å²) in [5.74, 6) is 0. The van der Waals surface area contributed by atoms with Gasteiger partial charge in [-0.25, -0.2) is 0 Å². The van der Waals surface area contributed by atoms with Gasteiger partial charge in [0.2, 0.25) is 0 Å². The number of nitrogens with two attached hydrogens (primary N) is 2. The lowest BCUT2D eigenvalue weighted by molar-refractivity contribution is 0.0717. The monoisotopic (exact) mass is 163 g/mol. The lowest BCUT2D eigenvalue weighted by Gasteiger charge is -2.34. The molecule has 4 unspecified atom stereocenters. The van der Waals surface area contributed by atoms with Gasteiger partial charge in [0.15, 0.2) is 0 Å². The van der Waals surface area contributed by atoms with Crippen LogP contribution in [0.3, 0.4) is 0 Å². The van der Waals surface area contributed by atoms with E-state index in [1.54, 1.807) is 0 Å². The van der Waals surface area contributed by atoms with Gasteiger partial charge in [-0.15, -0.1) is 0 Å². The number of aliphatic hydroxyl groups is 1. The summed E-state index contributed by atoms with van der Waals surface area (Å²) < 4.78 is 0. The van der Waals surface area contributed by atoms with Gasteiger partial charge in [0, 0.05) is 6.04 Å². The third-order valence-corrected chi connectivity index (χ3v) is 2.08. The molecule has 1 saturated heterocycles. The second-order valence-electron chi connectivity index (χ2n) is 2.60. The lowest BCUT2D eigenvalue weighted by atomic mass is 10.0. The molecule has 4 nitrogen and oxygen atoms in total. The molecule has 0 aromatic heterocycles. The van der Waals surface area contributed by atoms with Crippen LogP contribution in [0.5, 0.6) is 0 Å². The fourth-order valence-electron chi connectivity index (χ4n) is 1.03. The summed E-state index contributed by atoms with van der Waals surface area (Å²) in [5.41, 5.74) is 11.1. The molecule has 1 rings (SSSR count). The maximum Gasteiger partial charge on any atom is 0.122 e. The molecule has 6 N–H and O–H groups in total. The number of aliphatic hydroxyl groups excluding tert-OH is 1. The molecular weight excluding hydrogens is 150 g/mol. The molecule has 60 valence electrons. The zero-order chi connectivity index (χ0) is 7.72. The van der Waals surface area contributed by atoms with Crippen LogP contribution in [-0.4, -0.2) is 28.8 Å². The van der Waals surface area contributed by atoms with E-state index in [4.69, 9.17) is 16.6 Å². The topological polar surface area (TPSA) is 84.3 Å². The van der Waals surface area contributed by atoms with Crippen LogP contribution in [0, 0.1) is 0 Å². The van der Waals surface area contributed by atoms with Crippen LogP contribution >= 0.6 is 12.6 Å². The van der Waals surface area contributed by atoms with E-state index in [2.05, 4.69) is 17.9 Å². The van der Waals surface area contributed by atoms with Gasteiger partial charge in [-0.3, -0.25) is 5.32 Å². The van der Waals surface area contributed by atoms with Crippen molar-refractivity contribution < 1.29 is 5.11 Å². The van der Waals surface area contributed by atoms with Crippen molar-refractivity contribution in [2.75, 3.05) is 0 Å². The van der Waals surface area contributed by atoms with Crippen molar-refractivity contribution in [2.24, 2.45) is 11.5 Å². The van der Waals surface area contributed by atoms with E-state index in [1.165, 1.54) is 0 Å². The fraction of sp³-hybridized carbons (Fsp3) is 1.00. The molecule has 10 heavy (non-hydrogen) atoms. The number of thiol groups is 1. The first-order chi connectivity index (χ1) is 4.61. The van der Waals surface area contributed by atoms with Gasteiger partial charge in [-0.1, -0.05) is 0 Å². The number of piperidine rings is 1. The zero-order valence-corrected chi connectivity index (χ0v) is 6.46. The maximum absolute atomic E-state index is 9.15. The third kappa shape index (κ3) is 1.62. The Morgan fingerprint density at radius 2 is 2.10 bits per heavy atom.